The van der Waals surface area contributed by atoms with E-state index < -0.39 is 26.4 Å². The molecule has 35 heavy (non-hydrogen) atoms. The number of aromatic hydroxyl groups is 1. The summed E-state index contributed by atoms with van der Waals surface area (Å²) in [7, 11) is -3.23. The molecule has 1 unspecified atom stereocenters. The number of benzene rings is 2. The third-order valence-electron chi connectivity index (χ3n) is 7.52. The van der Waals surface area contributed by atoms with Gasteiger partial charge in [0.25, 0.3) is 0 Å². The highest BCUT2D eigenvalue weighted by molar-refractivity contribution is 7.98. The van der Waals surface area contributed by atoms with Crippen LogP contribution in [0.25, 0.3) is 0 Å². The summed E-state index contributed by atoms with van der Waals surface area (Å²) >= 11 is 1.75. The number of Topliss-reactive ketones (excluding diaryl/α,β-unsaturated/α-hetero) is 1. The van der Waals surface area contributed by atoms with Crippen molar-refractivity contribution < 1.29 is 18.3 Å². The van der Waals surface area contributed by atoms with E-state index >= 15 is 0 Å². The maximum absolute atomic E-state index is 13.8. The topological polar surface area (TPSA) is 96.7 Å². The Morgan fingerprint density at radius 3 is 2.40 bits per heavy atom. The van der Waals surface area contributed by atoms with E-state index in [0.29, 0.717) is 0 Å². The Morgan fingerprint density at radius 1 is 0.943 bits per heavy atom. The first-order valence-corrected chi connectivity index (χ1v) is 14.4. The number of hydrogen-bond donors (Lipinski definition) is 1. The molecule has 7 nitrogen and oxygen atoms in total. The first-order chi connectivity index (χ1) is 16.8. The summed E-state index contributed by atoms with van der Waals surface area (Å²) in [6.45, 7) is 0.286. The van der Waals surface area contributed by atoms with Crippen LogP contribution in [-0.4, -0.2) is 42.0 Å². The zero-order valence-electron chi connectivity index (χ0n) is 18.9. The van der Waals surface area contributed by atoms with Gasteiger partial charge in [-0.3, -0.25) is 19.3 Å². The Hall–Kier alpha value is -3.04. The molecule has 0 radical (unpaired) electrons. The number of thioether (sulfide) groups is 1. The summed E-state index contributed by atoms with van der Waals surface area (Å²) in [5.41, 5.74) is 1.64. The second-order valence-corrected chi connectivity index (χ2v) is 12.8. The number of carbonyl (C=O) groups is 1. The summed E-state index contributed by atoms with van der Waals surface area (Å²) in [5.74, 6) is -0.318. The van der Waals surface area contributed by atoms with Gasteiger partial charge in [0.15, 0.2) is 17.2 Å². The highest BCUT2D eigenvalue weighted by Crippen LogP contribution is 2.47. The van der Waals surface area contributed by atoms with Crippen molar-refractivity contribution in [2.75, 3.05) is 23.1 Å². The van der Waals surface area contributed by atoms with E-state index in [0.717, 1.165) is 21.8 Å². The summed E-state index contributed by atoms with van der Waals surface area (Å²) < 4.78 is 26.2. The summed E-state index contributed by atoms with van der Waals surface area (Å²) in [4.78, 5) is 27.4. The van der Waals surface area contributed by atoms with Crippen molar-refractivity contribution in [2.45, 2.75) is 29.5 Å². The normalized spacial score (nSPS) is 22.1. The molecule has 1 aromatic heterocycles. The molecule has 1 saturated heterocycles. The molecule has 3 aliphatic rings. The molecule has 0 aliphatic carbocycles. The van der Waals surface area contributed by atoms with Crippen LogP contribution in [-0.2, 0) is 15.6 Å². The Bertz CT molecular complexity index is 1470. The van der Waals surface area contributed by atoms with Crippen LogP contribution in [0.2, 0.25) is 0 Å². The smallest absolute Gasteiger partial charge is 0.224 e. The first-order valence-electron chi connectivity index (χ1n) is 11.6. The molecule has 2 aromatic carbocycles. The average molecular weight is 509 g/mol. The summed E-state index contributed by atoms with van der Waals surface area (Å²) in [6.07, 6.45) is 1.88. The van der Waals surface area contributed by atoms with Crippen molar-refractivity contribution in [3.63, 3.8) is 0 Å². The molecule has 4 heterocycles. The number of carbonyl (C=O) groups excluding carboxylic acids is 1. The van der Waals surface area contributed by atoms with Gasteiger partial charge in [-0.15, -0.1) is 11.8 Å². The van der Waals surface area contributed by atoms with Crippen LogP contribution < -0.4 is 10.4 Å². The molecule has 1 N–H and O–H groups in total. The monoisotopic (exact) mass is 508 g/mol. The lowest BCUT2D eigenvalue weighted by Gasteiger charge is -2.49. The summed E-state index contributed by atoms with van der Waals surface area (Å²) in [5, 5.41) is 12.8. The van der Waals surface area contributed by atoms with Crippen molar-refractivity contribution in [2.24, 2.45) is 5.41 Å². The van der Waals surface area contributed by atoms with Crippen LogP contribution in [0.3, 0.4) is 0 Å². The fourth-order valence-electron chi connectivity index (χ4n) is 5.60. The number of sulfone groups is 1. The zero-order valence-corrected chi connectivity index (χ0v) is 20.5. The maximum atomic E-state index is 13.8. The highest BCUT2D eigenvalue weighted by Gasteiger charge is 2.51. The number of fused-ring (bicyclic) bond motifs is 3. The minimum absolute atomic E-state index is 0.0603. The van der Waals surface area contributed by atoms with Gasteiger partial charge in [0.1, 0.15) is 9.84 Å². The molecule has 3 aromatic rings. The van der Waals surface area contributed by atoms with Crippen LogP contribution in [0.4, 0.5) is 0 Å². The van der Waals surface area contributed by atoms with Gasteiger partial charge in [0.05, 0.1) is 23.0 Å². The van der Waals surface area contributed by atoms with Crippen LogP contribution >= 0.6 is 11.8 Å². The van der Waals surface area contributed by atoms with Crippen molar-refractivity contribution in [1.29, 1.82) is 0 Å². The number of rotatable bonds is 1. The lowest BCUT2D eigenvalue weighted by molar-refractivity contribution is 0.0710. The van der Waals surface area contributed by atoms with Crippen molar-refractivity contribution in [3.8, 4) is 5.75 Å². The number of aromatic nitrogens is 1. The van der Waals surface area contributed by atoms with Gasteiger partial charge in [-0.25, -0.2) is 8.42 Å². The Morgan fingerprint density at radius 2 is 1.63 bits per heavy atom. The van der Waals surface area contributed by atoms with E-state index in [1.807, 2.05) is 29.3 Å². The van der Waals surface area contributed by atoms with Crippen LogP contribution in [0.5, 0.6) is 5.75 Å². The fraction of sp³-hybridized carbons (Fsp3) is 0.308. The largest absolute Gasteiger partial charge is 0.503 e. The van der Waals surface area contributed by atoms with Gasteiger partial charge in [0.2, 0.25) is 5.43 Å². The van der Waals surface area contributed by atoms with Gasteiger partial charge in [-0.2, -0.15) is 0 Å². The first kappa shape index (κ1) is 22.4. The lowest BCUT2D eigenvalue weighted by Crippen LogP contribution is -2.58. The van der Waals surface area contributed by atoms with Crippen molar-refractivity contribution in [3.05, 3.63) is 93.4 Å². The number of ketones is 1. The second-order valence-electron chi connectivity index (χ2n) is 9.51. The molecule has 0 saturated carbocycles. The third-order valence-corrected chi connectivity index (χ3v) is 10.3. The molecule has 1 spiro atoms. The van der Waals surface area contributed by atoms with Crippen LogP contribution in [0.1, 0.15) is 46.1 Å². The minimum atomic E-state index is -3.23. The molecular weight excluding hydrogens is 484 g/mol. The number of hydrogen-bond acceptors (Lipinski definition) is 7. The van der Waals surface area contributed by atoms with E-state index in [2.05, 4.69) is 24.3 Å². The number of nitrogens with zero attached hydrogens (tertiary/aromatic N) is 2. The van der Waals surface area contributed by atoms with Crippen molar-refractivity contribution in [1.82, 2.24) is 4.68 Å². The van der Waals surface area contributed by atoms with Gasteiger partial charge >= 0.3 is 0 Å². The SMILES string of the molecule is O=C1c2c(O)c(=O)ccn2N(C2c3ccccc3CSc3ccccc32)CC12CCS(=O)(=O)CC2. The fourth-order valence-corrected chi connectivity index (χ4v) is 8.30. The minimum Gasteiger partial charge on any atom is -0.503 e. The van der Waals surface area contributed by atoms with Crippen molar-refractivity contribution >= 4 is 27.4 Å². The predicted octanol–water partition coefficient (Wildman–Crippen LogP) is 3.28. The van der Waals surface area contributed by atoms with Gasteiger partial charge in [0, 0.05) is 29.5 Å². The van der Waals surface area contributed by atoms with Gasteiger partial charge < -0.3 is 5.11 Å². The maximum Gasteiger partial charge on any atom is 0.224 e. The number of pyridine rings is 1. The Labute approximate surface area is 207 Å². The Kier molecular flexibility index (Phi) is 5.12. The predicted molar refractivity (Wildman–Crippen MR) is 134 cm³/mol. The summed E-state index contributed by atoms with van der Waals surface area (Å²) in [6, 6.07) is 17.3. The van der Waals surface area contributed by atoms with E-state index in [-0.39, 0.29) is 48.4 Å². The van der Waals surface area contributed by atoms with E-state index in [4.69, 9.17) is 0 Å². The Balaban J connectivity index is 1.61. The molecule has 0 bridgehead atoms. The molecule has 0 amide bonds. The highest BCUT2D eigenvalue weighted by atomic mass is 32.2. The average Bonchev–Trinajstić information content (AvgIpc) is 3.02. The lowest BCUT2D eigenvalue weighted by atomic mass is 9.74. The van der Waals surface area contributed by atoms with E-state index in [1.54, 1.807) is 22.6 Å². The van der Waals surface area contributed by atoms with E-state index in [1.165, 1.54) is 11.6 Å². The molecule has 1 fully saturated rings. The van der Waals surface area contributed by atoms with Gasteiger partial charge in [-0.1, -0.05) is 42.5 Å². The molecule has 3 aliphatic heterocycles. The molecule has 9 heteroatoms. The zero-order chi connectivity index (χ0) is 24.4. The molecule has 180 valence electrons. The standard InChI is InChI=1S/C26H24N2O5S2/c29-20-9-12-27-23(24(20)30)25(31)26(10-13-35(32,33)14-11-26)16-28(27)22-18-6-2-1-5-17(18)15-34-21-8-4-3-7-19(21)22/h1-9,12,22,30H,10-11,13-16H2. The molecular formula is C26H24N2O5S2. The van der Waals surface area contributed by atoms with Gasteiger partial charge in [-0.05, 0) is 35.6 Å². The third kappa shape index (κ3) is 3.51. The van der Waals surface area contributed by atoms with E-state index in [9.17, 15) is 23.1 Å². The van der Waals surface area contributed by atoms with Crippen LogP contribution in [0.15, 0.2) is 70.5 Å². The quantitative estimate of drug-likeness (QED) is 0.539. The second kappa shape index (κ2) is 7.99. The van der Waals surface area contributed by atoms with Crippen LogP contribution in [0, 0.1) is 5.41 Å². The molecule has 1 atom stereocenters. The molecule has 6 rings (SSSR count).